The minimum atomic E-state index is -2.66. The summed E-state index contributed by atoms with van der Waals surface area (Å²) >= 11 is 0. The average Bonchev–Trinajstić information content (AvgIpc) is 3.39. The first-order chi connectivity index (χ1) is 14.6. The lowest BCUT2D eigenvalue weighted by Crippen LogP contribution is -2.30. The van der Waals surface area contributed by atoms with Gasteiger partial charge in [-0.2, -0.15) is 5.10 Å². The first-order valence-electron chi connectivity index (χ1n) is 9.49. The van der Waals surface area contributed by atoms with E-state index in [1.165, 1.54) is 18.0 Å². The second kappa shape index (κ2) is 7.29. The molecule has 0 fully saturated rings. The topological polar surface area (TPSA) is 87.9 Å². The highest BCUT2D eigenvalue weighted by atomic mass is 19.3. The van der Waals surface area contributed by atoms with Crippen molar-refractivity contribution >= 4 is 17.0 Å². The zero-order valence-corrected chi connectivity index (χ0v) is 16.1. The van der Waals surface area contributed by atoms with Crippen LogP contribution in [0.2, 0.25) is 0 Å². The minimum absolute atomic E-state index is 0.320. The third-order valence-corrected chi connectivity index (χ3v) is 5.16. The van der Waals surface area contributed by atoms with Crippen molar-refractivity contribution in [3.8, 4) is 11.5 Å². The molecule has 5 heterocycles. The Morgan fingerprint density at radius 1 is 1.13 bits per heavy atom. The lowest BCUT2D eigenvalue weighted by atomic mass is 10.0. The van der Waals surface area contributed by atoms with Gasteiger partial charge in [0.2, 0.25) is 0 Å². The van der Waals surface area contributed by atoms with Gasteiger partial charge in [-0.05, 0) is 25.0 Å². The van der Waals surface area contributed by atoms with E-state index in [0.717, 1.165) is 30.0 Å². The van der Waals surface area contributed by atoms with Crippen LogP contribution in [0.1, 0.15) is 29.8 Å². The number of anilines is 1. The predicted octanol–water partition coefficient (Wildman–Crippen LogP) is 3.45. The van der Waals surface area contributed by atoms with Crippen molar-refractivity contribution in [3.63, 3.8) is 0 Å². The Bertz CT molecular complexity index is 1240. The molecule has 1 aliphatic heterocycles. The summed E-state index contributed by atoms with van der Waals surface area (Å²) in [6, 6.07) is 1.85. The second-order valence-electron chi connectivity index (χ2n) is 7.07. The largest absolute Gasteiger partial charge is 0.352 e. The highest BCUT2D eigenvalue weighted by Crippen LogP contribution is 2.27. The molecule has 0 atom stereocenters. The Hall–Kier alpha value is -3.69. The van der Waals surface area contributed by atoms with E-state index in [2.05, 4.69) is 36.1 Å². The number of rotatable bonds is 4. The molecule has 4 aromatic heterocycles. The average molecular weight is 408 g/mol. The molecule has 152 valence electrons. The molecule has 0 aliphatic carbocycles. The molecule has 0 radical (unpaired) electrons. The Balaban J connectivity index is 1.48. The van der Waals surface area contributed by atoms with Crippen molar-refractivity contribution in [1.82, 2.24) is 34.5 Å². The number of nitrogens with zero attached hydrogens (tertiary/aromatic N) is 7. The van der Waals surface area contributed by atoms with Gasteiger partial charge in [-0.3, -0.25) is 9.50 Å². The molecule has 0 spiro atoms. The highest BCUT2D eigenvalue weighted by Gasteiger charge is 2.19. The summed E-state index contributed by atoms with van der Waals surface area (Å²) in [6.45, 7) is 3.52. The van der Waals surface area contributed by atoms with Gasteiger partial charge in [0.15, 0.2) is 11.5 Å². The van der Waals surface area contributed by atoms with Crippen LogP contribution in [0.3, 0.4) is 0 Å². The van der Waals surface area contributed by atoms with E-state index >= 15 is 0 Å². The normalized spacial score (nSPS) is 14.5. The number of aromatic nitrogens is 7. The van der Waals surface area contributed by atoms with Gasteiger partial charge < -0.3 is 4.90 Å². The van der Waals surface area contributed by atoms with Gasteiger partial charge in [0.1, 0.15) is 17.2 Å². The van der Waals surface area contributed by atoms with Crippen LogP contribution in [-0.2, 0) is 0 Å². The number of hydrogen-bond acceptors (Lipinski definition) is 6. The number of H-pyrrole nitrogens is 1. The lowest BCUT2D eigenvalue weighted by molar-refractivity contribution is 0.145. The second-order valence-corrected chi connectivity index (χ2v) is 7.07. The van der Waals surface area contributed by atoms with Gasteiger partial charge in [0, 0.05) is 36.7 Å². The first kappa shape index (κ1) is 18.3. The molecule has 10 heteroatoms. The molecule has 0 amide bonds. The smallest absolute Gasteiger partial charge is 0.281 e. The monoisotopic (exact) mass is 408 g/mol. The molecule has 5 rings (SSSR count). The van der Waals surface area contributed by atoms with E-state index in [0.29, 0.717) is 23.7 Å². The van der Waals surface area contributed by atoms with Crippen LogP contribution in [0.5, 0.6) is 0 Å². The van der Waals surface area contributed by atoms with Crippen molar-refractivity contribution in [3.05, 3.63) is 60.1 Å². The molecular formula is C20H18F2N8. The molecule has 0 unspecified atom stereocenters. The predicted molar refractivity (Wildman–Crippen MR) is 107 cm³/mol. The molecule has 0 saturated heterocycles. The number of nitrogens with one attached hydrogen (secondary N) is 1. The standard InChI is InChI=1S/C20H18F2N8/c1-12-14(7-26-28-12)13-3-2-6-29(10-13)17-4-5-23-20(27-17)16-8-25-18-9-24-15(19(21)22)11-30(16)18/h3-5,7-9,11,19H,2,6,10H2,1H3,(H,26,28). The molecule has 8 nitrogen and oxygen atoms in total. The maximum Gasteiger partial charge on any atom is 0.281 e. The number of hydrogen-bond donors (Lipinski definition) is 1. The van der Waals surface area contributed by atoms with E-state index in [9.17, 15) is 8.78 Å². The van der Waals surface area contributed by atoms with Crippen molar-refractivity contribution in [2.45, 2.75) is 19.8 Å². The summed E-state index contributed by atoms with van der Waals surface area (Å²) in [4.78, 5) is 19.2. The summed E-state index contributed by atoms with van der Waals surface area (Å²) in [7, 11) is 0. The zero-order chi connectivity index (χ0) is 20.7. The molecule has 0 aromatic carbocycles. The van der Waals surface area contributed by atoms with Crippen molar-refractivity contribution < 1.29 is 8.78 Å². The molecule has 4 aromatic rings. The van der Waals surface area contributed by atoms with Crippen LogP contribution >= 0.6 is 0 Å². The summed E-state index contributed by atoms with van der Waals surface area (Å²) < 4.78 is 27.7. The number of alkyl halides is 2. The van der Waals surface area contributed by atoms with Crippen LogP contribution in [0.15, 0.2) is 43.1 Å². The number of imidazole rings is 1. The van der Waals surface area contributed by atoms with Crippen LogP contribution in [0.4, 0.5) is 14.6 Å². The van der Waals surface area contributed by atoms with Gasteiger partial charge >= 0.3 is 0 Å². The summed E-state index contributed by atoms with van der Waals surface area (Å²) in [5, 5.41) is 7.09. The highest BCUT2D eigenvalue weighted by molar-refractivity contribution is 5.72. The van der Waals surface area contributed by atoms with E-state index in [1.807, 2.05) is 19.2 Å². The molecule has 0 saturated carbocycles. The molecule has 30 heavy (non-hydrogen) atoms. The van der Waals surface area contributed by atoms with Gasteiger partial charge in [-0.1, -0.05) is 6.08 Å². The van der Waals surface area contributed by atoms with Gasteiger partial charge in [0.25, 0.3) is 6.43 Å². The Morgan fingerprint density at radius 3 is 2.83 bits per heavy atom. The molecule has 1 N–H and O–H groups in total. The van der Waals surface area contributed by atoms with E-state index in [4.69, 9.17) is 4.98 Å². The van der Waals surface area contributed by atoms with E-state index in [1.54, 1.807) is 16.8 Å². The van der Waals surface area contributed by atoms with Crippen LogP contribution < -0.4 is 4.90 Å². The van der Waals surface area contributed by atoms with Gasteiger partial charge in [0.05, 0.1) is 18.6 Å². The summed E-state index contributed by atoms with van der Waals surface area (Å²) in [5.74, 6) is 1.19. The van der Waals surface area contributed by atoms with Gasteiger partial charge in [-0.25, -0.2) is 28.7 Å². The summed E-state index contributed by atoms with van der Waals surface area (Å²) in [5.41, 5.74) is 3.99. The fraction of sp³-hybridized carbons (Fsp3) is 0.250. The van der Waals surface area contributed by atoms with E-state index in [-0.39, 0.29) is 5.69 Å². The third-order valence-electron chi connectivity index (χ3n) is 5.16. The Morgan fingerprint density at radius 2 is 2.03 bits per heavy atom. The quantitative estimate of drug-likeness (QED) is 0.557. The first-order valence-corrected chi connectivity index (χ1v) is 9.49. The van der Waals surface area contributed by atoms with Crippen LogP contribution in [0, 0.1) is 6.92 Å². The molecular weight excluding hydrogens is 390 g/mol. The Labute approximate surface area is 170 Å². The van der Waals surface area contributed by atoms with Crippen LogP contribution in [0.25, 0.3) is 22.7 Å². The number of aryl methyl sites for hydroxylation is 1. The van der Waals surface area contributed by atoms with E-state index < -0.39 is 6.43 Å². The fourth-order valence-electron chi connectivity index (χ4n) is 3.64. The SMILES string of the molecule is Cc1[nH]ncc1C1=CCCN(c2ccnc(-c3cnc4cnc(C(F)F)cn34)n2)C1. The maximum absolute atomic E-state index is 13.1. The number of halogens is 2. The third kappa shape index (κ3) is 3.19. The maximum atomic E-state index is 13.1. The minimum Gasteiger partial charge on any atom is -0.352 e. The van der Waals surface area contributed by atoms with Crippen molar-refractivity contribution in [1.29, 1.82) is 0 Å². The van der Waals surface area contributed by atoms with Crippen molar-refractivity contribution in [2.24, 2.45) is 0 Å². The molecule has 0 bridgehead atoms. The Kier molecular flexibility index (Phi) is 4.46. The summed E-state index contributed by atoms with van der Waals surface area (Å²) in [6.07, 6.45) is 8.13. The van der Waals surface area contributed by atoms with Crippen LogP contribution in [-0.4, -0.2) is 47.6 Å². The number of aromatic amines is 1. The zero-order valence-electron chi connectivity index (χ0n) is 16.1. The lowest BCUT2D eigenvalue weighted by Gasteiger charge is -2.28. The van der Waals surface area contributed by atoms with Gasteiger partial charge in [-0.15, -0.1) is 0 Å². The van der Waals surface area contributed by atoms with Crippen molar-refractivity contribution in [2.75, 3.05) is 18.0 Å². The number of fused-ring (bicyclic) bond motifs is 1. The molecule has 1 aliphatic rings. The fourth-order valence-corrected chi connectivity index (χ4v) is 3.64.